The van der Waals surface area contributed by atoms with Crippen LogP contribution in [0.15, 0.2) is 30.7 Å². The molecule has 0 bridgehead atoms. The molecule has 9 nitrogen and oxygen atoms in total. The van der Waals surface area contributed by atoms with E-state index < -0.39 is 0 Å². The van der Waals surface area contributed by atoms with Gasteiger partial charge in [0, 0.05) is 37.3 Å². The summed E-state index contributed by atoms with van der Waals surface area (Å²) in [6.07, 6.45) is 3.62. The molecule has 0 spiro atoms. The number of nitrogens with one attached hydrogen (secondary N) is 1. The SMILES string of the molecule is CC(C)NC(=O)CN1CC(c2ccc3c(c2)OCCn2cc(-c4ncnn4C(C)C)nc2-3)C1. The second-order valence-corrected chi connectivity index (χ2v) is 9.48. The number of carbonyl (C=O) groups excluding carboxylic acids is 1. The Hall–Kier alpha value is -3.20. The van der Waals surface area contributed by atoms with Gasteiger partial charge >= 0.3 is 0 Å². The van der Waals surface area contributed by atoms with Crippen molar-refractivity contribution in [2.45, 2.75) is 52.2 Å². The number of hydrogen-bond donors (Lipinski definition) is 1. The quantitative estimate of drug-likeness (QED) is 0.622. The molecule has 2 aliphatic heterocycles. The lowest BCUT2D eigenvalue weighted by molar-refractivity contribution is -0.123. The molecule has 0 atom stereocenters. The summed E-state index contributed by atoms with van der Waals surface area (Å²) in [7, 11) is 0. The number of nitrogens with zero attached hydrogens (tertiary/aromatic N) is 6. The van der Waals surface area contributed by atoms with Crippen LogP contribution in [0.5, 0.6) is 5.75 Å². The average molecular weight is 450 g/mol. The summed E-state index contributed by atoms with van der Waals surface area (Å²) in [6.45, 7) is 11.7. The summed E-state index contributed by atoms with van der Waals surface area (Å²) < 4.78 is 10.1. The van der Waals surface area contributed by atoms with Gasteiger partial charge in [0.2, 0.25) is 5.91 Å². The molecule has 0 radical (unpaired) electrons. The van der Waals surface area contributed by atoms with Crippen LogP contribution in [0.2, 0.25) is 0 Å². The first-order chi connectivity index (χ1) is 15.9. The van der Waals surface area contributed by atoms with Gasteiger partial charge in [-0.05, 0) is 45.4 Å². The summed E-state index contributed by atoms with van der Waals surface area (Å²) in [5, 5.41) is 7.30. The van der Waals surface area contributed by atoms with Gasteiger partial charge in [0.1, 0.15) is 30.2 Å². The maximum Gasteiger partial charge on any atom is 0.234 e. The third-order valence-electron chi connectivity index (χ3n) is 6.15. The van der Waals surface area contributed by atoms with Crippen LogP contribution in [0.25, 0.3) is 22.9 Å². The van der Waals surface area contributed by atoms with Gasteiger partial charge in [-0.2, -0.15) is 5.10 Å². The minimum absolute atomic E-state index is 0.0876. The molecule has 1 N–H and O–H groups in total. The van der Waals surface area contributed by atoms with Crippen molar-refractivity contribution in [3.63, 3.8) is 0 Å². The predicted molar refractivity (Wildman–Crippen MR) is 125 cm³/mol. The molecule has 33 heavy (non-hydrogen) atoms. The number of carbonyl (C=O) groups is 1. The van der Waals surface area contributed by atoms with Crippen LogP contribution in [0.4, 0.5) is 0 Å². The van der Waals surface area contributed by atoms with E-state index in [1.165, 1.54) is 5.56 Å². The zero-order chi connectivity index (χ0) is 23.1. The van der Waals surface area contributed by atoms with Crippen molar-refractivity contribution in [3.05, 3.63) is 36.3 Å². The van der Waals surface area contributed by atoms with Gasteiger partial charge in [0.15, 0.2) is 5.82 Å². The number of hydrogen-bond acceptors (Lipinski definition) is 6. The predicted octanol–water partition coefficient (Wildman–Crippen LogP) is 2.71. The van der Waals surface area contributed by atoms with Crippen LogP contribution in [0, 0.1) is 0 Å². The number of benzene rings is 1. The van der Waals surface area contributed by atoms with E-state index in [0.717, 1.165) is 48.3 Å². The van der Waals surface area contributed by atoms with E-state index in [0.29, 0.717) is 19.1 Å². The average Bonchev–Trinajstić information content (AvgIpc) is 3.34. The zero-order valence-electron chi connectivity index (χ0n) is 19.7. The van der Waals surface area contributed by atoms with Gasteiger partial charge in [-0.25, -0.2) is 14.6 Å². The lowest BCUT2D eigenvalue weighted by Crippen LogP contribution is -2.50. The normalized spacial score (nSPS) is 16.2. The largest absolute Gasteiger partial charge is 0.491 e. The first kappa shape index (κ1) is 21.6. The van der Waals surface area contributed by atoms with Crippen molar-refractivity contribution in [2.75, 3.05) is 26.2 Å². The number of rotatable bonds is 6. The Balaban J connectivity index is 1.34. The van der Waals surface area contributed by atoms with Crippen LogP contribution in [0.1, 0.15) is 45.2 Å². The molecule has 2 aliphatic rings. The fourth-order valence-corrected chi connectivity index (χ4v) is 4.55. The number of likely N-dealkylation sites (tertiary alicyclic amines) is 1. The molecule has 1 fully saturated rings. The Morgan fingerprint density at radius 1 is 1.21 bits per heavy atom. The highest BCUT2D eigenvalue weighted by Gasteiger charge is 2.31. The summed E-state index contributed by atoms with van der Waals surface area (Å²) in [5.41, 5.74) is 3.06. The van der Waals surface area contributed by atoms with E-state index in [9.17, 15) is 4.79 Å². The monoisotopic (exact) mass is 449 g/mol. The number of ether oxygens (including phenoxy) is 1. The molecular formula is C24H31N7O2. The van der Waals surface area contributed by atoms with E-state index in [1.807, 2.05) is 24.7 Å². The highest BCUT2D eigenvalue weighted by molar-refractivity contribution is 5.78. The maximum atomic E-state index is 12.0. The molecule has 0 saturated carbocycles. The summed E-state index contributed by atoms with van der Waals surface area (Å²) in [6, 6.07) is 6.80. The van der Waals surface area contributed by atoms with Crippen LogP contribution in [-0.4, -0.2) is 67.4 Å². The van der Waals surface area contributed by atoms with Crippen molar-refractivity contribution >= 4 is 5.91 Å². The molecule has 4 heterocycles. The van der Waals surface area contributed by atoms with Gasteiger partial charge < -0.3 is 14.6 Å². The molecule has 9 heteroatoms. The van der Waals surface area contributed by atoms with E-state index in [4.69, 9.17) is 9.72 Å². The number of amides is 1. The Bertz CT molecular complexity index is 1160. The minimum Gasteiger partial charge on any atom is -0.491 e. The van der Waals surface area contributed by atoms with Crippen LogP contribution in [-0.2, 0) is 11.3 Å². The first-order valence-electron chi connectivity index (χ1n) is 11.6. The molecule has 1 amide bonds. The third kappa shape index (κ3) is 4.25. The molecule has 2 aromatic heterocycles. The summed E-state index contributed by atoms with van der Waals surface area (Å²) in [5.74, 6) is 3.03. The van der Waals surface area contributed by atoms with Gasteiger partial charge in [-0.15, -0.1) is 0 Å². The van der Waals surface area contributed by atoms with E-state index in [1.54, 1.807) is 6.33 Å². The molecule has 1 aromatic carbocycles. The van der Waals surface area contributed by atoms with E-state index in [2.05, 4.69) is 56.9 Å². The van der Waals surface area contributed by atoms with Gasteiger partial charge in [0.25, 0.3) is 0 Å². The van der Waals surface area contributed by atoms with Crippen molar-refractivity contribution < 1.29 is 9.53 Å². The number of fused-ring (bicyclic) bond motifs is 3. The second-order valence-electron chi connectivity index (χ2n) is 9.48. The number of imidazole rings is 1. The smallest absolute Gasteiger partial charge is 0.234 e. The van der Waals surface area contributed by atoms with Gasteiger partial charge in [0.05, 0.1) is 18.7 Å². The lowest BCUT2D eigenvalue weighted by Gasteiger charge is -2.39. The third-order valence-corrected chi connectivity index (χ3v) is 6.15. The van der Waals surface area contributed by atoms with Crippen molar-refractivity contribution in [3.8, 4) is 28.7 Å². The van der Waals surface area contributed by atoms with Crippen molar-refractivity contribution in [1.29, 1.82) is 0 Å². The summed E-state index contributed by atoms with van der Waals surface area (Å²) >= 11 is 0. The maximum absolute atomic E-state index is 12.0. The molecule has 3 aromatic rings. The molecular weight excluding hydrogens is 418 g/mol. The van der Waals surface area contributed by atoms with Crippen LogP contribution >= 0.6 is 0 Å². The highest BCUT2D eigenvalue weighted by Crippen LogP contribution is 2.37. The van der Waals surface area contributed by atoms with E-state index in [-0.39, 0.29) is 18.0 Å². The standard InChI is InChI=1S/C24H31N7O2/c1-15(2)27-22(32)13-29-10-18(11-29)17-5-6-19-21(9-17)33-8-7-30-12-20(28-23(19)30)24-25-14-26-31(24)16(3)4/h5-6,9,12,14-16,18H,7-8,10-11,13H2,1-4H3,(H,27,32). The Kier molecular flexibility index (Phi) is 5.65. The molecule has 5 rings (SSSR count). The van der Waals surface area contributed by atoms with Gasteiger partial charge in [-0.3, -0.25) is 9.69 Å². The molecule has 174 valence electrons. The van der Waals surface area contributed by atoms with Crippen LogP contribution in [0.3, 0.4) is 0 Å². The Morgan fingerprint density at radius 2 is 2.03 bits per heavy atom. The van der Waals surface area contributed by atoms with Gasteiger partial charge in [-0.1, -0.05) is 6.07 Å². The van der Waals surface area contributed by atoms with Crippen molar-refractivity contribution in [1.82, 2.24) is 34.5 Å². The second kappa shape index (κ2) is 8.62. The Morgan fingerprint density at radius 3 is 2.79 bits per heavy atom. The minimum atomic E-state index is 0.0876. The molecule has 1 saturated heterocycles. The highest BCUT2D eigenvalue weighted by atomic mass is 16.5. The van der Waals surface area contributed by atoms with Crippen LogP contribution < -0.4 is 10.1 Å². The fraction of sp³-hybridized carbons (Fsp3) is 0.500. The molecule has 0 unspecified atom stereocenters. The van der Waals surface area contributed by atoms with E-state index >= 15 is 0 Å². The Labute approximate surface area is 193 Å². The fourth-order valence-electron chi connectivity index (χ4n) is 4.55. The zero-order valence-corrected chi connectivity index (χ0v) is 19.7. The number of aromatic nitrogens is 5. The van der Waals surface area contributed by atoms with Crippen molar-refractivity contribution in [2.24, 2.45) is 0 Å². The molecule has 0 aliphatic carbocycles. The lowest BCUT2D eigenvalue weighted by atomic mass is 9.90. The summed E-state index contributed by atoms with van der Waals surface area (Å²) in [4.78, 5) is 23.5. The first-order valence-corrected chi connectivity index (χ1v) is 11.6. The topological polar surface area (TPSA) is 90.1 Å².